The molecule has 9 heavy (non-hydrogen) atoms. The van der Waals surface area contributed by atoms with E-state index in [2.05, 4.69) is 5.92 Å². The minimum absolute atomic E-state index is 0.438. The normalized spacial score (nSPS) is 12.9. The van der Waals surface area contributed by atoms with Gasteiger partial charge in [0.1, 0.15) is 0 Å². The first kappa shape index (κ1) is 8.52. The summed E-state index contributed by atoms with van der Waals surface area (Å²) in [6.07, 6.45) is 5.18. The molecule has 0 aromatic rings. The summed E-state index contributed by atoms with van der Waals surface area (Å²) in [5.74, 6) is 2.53. The van der Waals surface area contributed by atoms with Crippen molar-refractivity contribution in [2.45, 2.75) is 33.3 Å². The number of hydrogen-bond donors (Lipinski definition) is 1. The second-order valence-corrected chi connectivity index (χ2v) is 3.33. The second-order valence-electron chi connectivity index (χ2n) is 3.33. The number of rotatable bonds is 1. The molecule has 0 fully saturated rings. The zero-order chi connectivity index (χ0) is 7.71. The van der Waals surface area contributed by atoms with E-state index in [1.807, 2.05) is 13.8 Å². The SMILES string of the molecule is C#CC(C)(C)C(C)(C)O. The zero-order valence-electron chi connectivity index (χ0n) is 6.52. The van der Waals surface area contributed by atoms with Crippen molar-refractivity contribution in [3.8, 4) is 12.3 Å². The Bertz CT molecular complexity index is 132. The van der Waals surface area contributed by atoms with Crippen LogP contribution in [0.4, 0.5) is 0 Å². The Morgan fingerprint density at radius 1 is 1.22 bits per heavy atom. The van der Waals surface area contributed by atoms with Crippen molar-refractivity contribution in [2.75, 3.05) is 0 Å². The third kappa shape index (κ3) is 1.73. The maximum Gasteiger partial charge on any atom is 0.0751 e. The monoisotopic (exact) mass is 126 g/mol. The van der Waals surface area contributed by atoms with E-state index in [1.165, 1.54) is 0 Å². The lowest BCUT2D eigenvalue weighted by atomic mass is 9.78. The summed E-state index contributed by atoms with van der Waals surface area (Å²) < 4.78 is 0. The van der Waals surface area contributed by atoms with E-state index < -0.39 is 11.0 Å². The molecule has 0 saturated carbocycles. The predicted molar refractivity (Wildman–Crippen MR) is 38.9 cm³/mol. The van der Waals surface area contributed by atoms with Gasteiger partial charge in [-0.15, -0.1) is 6.42 Å². The fourth-order valence-electron chi connectivity index (χ4n) is 0.177. The van der Waals surface area contributed by atoms with Crippen LogP contribution in [0.1, 0.15) is 27.7 Å². The van der Waals surface area contributed by atoms with Gasteiger partial charge in [0.2, 0.25) is 0 Å². The summed E-state index contributed by atoms with van der Waals surface area (Å²) >= 11 is 0. The highest BCUT2D eigenvalue weighted by Crippen LogP contribution is 2.28. The molecule has 0 aromatic carbocycles. The van der Waals surface area contributed by atoms with Crippen molar-refractivity contribution in [1.82, 2.24) is 0 Å². The second kappa shape index (κ2) is 2.04. The average Bonchev–Trinajstić information content (AvgIpc) is 1.64. The quantitative estimate of drug-likeness (QED) is 0.527. The molecule has 0 spiro atoms. The molecule has 0 radical (unpaired) electrons. The molecule has 0 atom stereocenters. The standard InChI is InChI=1S/C8H14O/c1-6-7(2,3)8(4,5)9/h1,9H,2-5H3. The lowest BCUT2D eigenvalue weighted by Gasteiger charge is -2.31. The van der Waals surface area contributed by atoms with Crippen LogP contribution in [0.2, 0.25) is 0 Å². The summed E-state index contributed by atoms with van der Waals surface area (Å²) in [4.78, 5) is 0. The molecule has 1 nitrogen and oxygen atoms in total. The van der Waals surface area contributed by atoms with Crippen LogP contribution in [0.5, 0.6) is 0 Å². The number of aliphatic hydroxyl groups is 1. The summed E-state index contributed by atoms with van der Waals surface area (Å²) in [5.41, 5.74) is -1.23. The van der Waals surface area contributed by atoms with E-state index in [0.717, 1.165) is 0 Å². The van der Waals surface area contributed by atoms with Gasteiger partial charge < -0.3 is 5.11 Å². The molecule has 0 amide bonds. The summed E-state index contributed by atoms with van der Waals surface area (Å²) in [7, 11) is 0. The first-order valence-corrected chi connectivity index (χ1v) is 3.01. The van der Waals surface area contributed by atoms with Gasteiger partial charge in [0.15, 0.2) is 0 Å². The molecular formula is C8H14O. The van der Waals surface area contributed by atoms with Crippen molar-refractivity contribution >= 4 is 0 Å². The van der Waals surface area contributed by atoms with E-state index in [9.17, 15) is 5.11 Å². The fourth-order valence-corrected chi connectivity index (χ4v) is 0.177. The average molecular weight is 126 g/mol. The van der Waals surface area contributed by atoms with Crippen LogP contribution >= 0.6 is 0 Å². The van der Waals surface area contributed by atoms with Crippen LogP contribution in [0.25, 0.3) is 0 Å². The molecule has 0 aliphatic rings. The van der Waals surface area contributed by atoms with Gasteiger partial charge in [0, 0.05) is 0 Å². The Morgan fingerprint density at radius 2 is 1.56 bits per heavy atom. The number of terminal acetylenes is 1. The molecular weight excluding hydrogens is 112 g/mol. The molecule has 52 valence electrons. The van der Waals surface area contributed by atoms with Crippen LogP contribution in [0.3, 0.4) is 0 Å². The van der Waals surface area contributed by atoms with Gasteiger partial charge in [-0.05, 0) is 27.7 Å². The molecule has 0 unspecified atom stereocenters. The maximum atomic E-state index is 9.40. The minimum atomic E-state index is -0.790. The molecule has 1 heteroatoms. The van der Waals surface area contributed by atoms with Gasteiger partial charge >= 0.3 is 0 Å². The van der Waals surface area contributed by atoms with Gasteiger partial charge in [-0.1, -0.05) is 5.92 Å². The van der Waals surface area contributed by atoms with Gasteiger partial charge in [-0.25, -0.2) is 0 Å². The minimum Gasteiger partial charge on any atom is -0.389 e. The van der Waals surface area contributed by atoms with Crippen LogP contribution in [-0.4, -0.2) is 10.7 Å². The van der Waals surface area contributed by atoms with Crippen molar-refractivity contribution in [3.05, 3.63) is 0 Å². The Kier molecular flexibility index (Phi) is 1.93. The molecule has 0 heterocycles. The topological polar surface area (TPSA) is 20.2 Å². The summed E-state index contributed by atoms with van der Waals surface area (Å²) in [5, 5.41) is 9.40. The van der Waals surface area contributed by atoms with Crippen molar-refractivity contribution in [1.29, 1.82) is 0 Å². The van der Waals surface area contributed by atoms with E-state index in [0.29, 0.717) is 0 Å². The molecule has 0 saturated heterocycles. The van der Waals surface area contributed by atoms with Gasteiger partial charge in [0.05, 0.1) is 11.0 Å². The fraction of sp³-hybridized carbons (Fsp3) is 0.750. The molecule has 0 rings (SSSR count). The highest BCUT2D eigenvalue weighted by Gasteiger charge is 2.32. The summed E-state index contributed by atoms with van der Waals surface area (Å²) in [6, 6.07) is 0. The molecule has 0 aliphatic carbocycles. The Balaban J connectivity index is 4.39. The van der Waals surface area contributed by atoms with Crippen LogP contribution < -0.4 is 0 Å². The third-order valence-electron chi connectivity index (χ3n) is 1.89. The van der Waals surface area contributed by atoms with Crippen molar-refractivity contribution in [2.24, 2.45) is 5.41 Å². The first-order chi connectivity index (χ1) is 3.81. The van der Waals surface area contributed by atoms with Crippen LogP contribution in [0, 0.1) is 17.8 Å². The lowest BCUT2D eigenvalue weighted by Crippen LogP contribution is -2.37. The molecule has 1 N–H and O–H groups in total. The maximum absolute atomic E-state index is 9.40. The van der Waals surface area contributed by atoms with E-state index >= 15 is 0 Å². The van der Waals surface area contributed by atoms with E-state index in [-0.39, 0.29) is 0 Å². The zero-order valence-corrected chi connectivity index (χ0v) is 6.52. The largest absolute Gasteiger partial charge is 0.389 e. The first-order valence-electron chi connectivity index (χ1n) is 3.01. The van der Waals surface area contributed by atoms with Crippen molar-refractivity contribution in [3.63, 3.8) is 0 Å². The molecule has 0 aromatic heterocycles. The van der Waals surface area contributed by atoms with Crippen LogP contribution in [0.15, 0.2) is 0 Å². The third-order valence-corrected chi connectivity index (χ3v) is 1.89. The lowest BCUT2D eigenvalue weighted by molar-refractivity contribution is -0.00206. The van der Waals surface area contributed by atoms with E-state index in [4.69, 9.17) is 6.42 Å². The highest BCUT2D eigenvalue weighted by molar-refractivity contribution is 5.08. The Morgan fingerprint density at radius 3 is 1.56 bits per heavy atom. The molecule has 0 aliphatic heterocycles. The van der Waals surface area contributed by atoms with E-state index in [1.54, 1.807) is 13.8 Å². The van der Waals surface area contributed by atoms with Crippen LogP contribution in [-0.2, 0) is 0 Å². The predicted octanol–water partition coefficient (Wildman–Crippen LogP) is 1.42. The highest BCUT2D eigenvalue weighted by atomic mass is 16.3. The summed E-state index contributed by atoms with van der Waals surface area (Å²) in [6.45, 7) is 7.11. The Labute approximate surface area is 57.1 Å². The Hall–Kier alpha value is -0.480. The van der Waals surface area contributed by atoms with Gasteiger partial charge in [-0.2, -0.15) is 0 Å². The smallest absolute Gasteiger partial charge is 0.0751 e. The number of hydrogen-bond acceptors (Lipinski definition) is 1. The van der Waals surface area contributed by atoms with Gasteiger partial charge in [0.25, 0.3) is 0 Å². The van der Waals surface area contributed by atoms with Crippen molar-refractivity contribution < 1.29 is 5.11 Å². The molecule has 0 bridgehead atoms. The van der Waals surface area contributed by atoms with Gasteiger partial charge in [-0.3, -0.25) is 0 Å².